The highest BCUT2D eigenvalue weighted by Crippen LogP contribution is 2.27. The predicted octanol–water partition coefficient (Wildman–Crippen LogP) is 6.53. The number of carboxylic acid groups (broad SMARTS) is 1. The molecule has 2 N–H and O–H groups in total. The van der Waals surface area contributed by atoms with E-state index < -0.39 is 5.97 Å². The first kappa shape index (κ1) is 26.1. The van der Waals surface area contributed by atoms with Crippen LogP contribution < -0.4 is 5.32 Å². The number of para-hydroxylation sites is 1. The molecular formula is C34H30N4O3. The Hall–Kier alpha value is -5.17. The van der Waals surface area contributed by atoms with Crippen molar-refractivity contribution >= 4 is 33.8 Å². The van der Waals surface area contributed by atoms with E-state index in [1.807, 2.05) is 84.4 Å². The van der Waals surface area contributed by atoms with E-state index >= 15 is 0 Å². The van der Waals surface area contributed by atoms with Gasteiger partial charge in [-0.25, -0.2) is 9.78 Å². The van der Waals surface area contributed by atoms with Gasteiger partial charge >= 0.3 is 5.97 Å². The summed E-state index contributed by atoms with van der Waals surface area (Å²) < 4.78 is 4.10. The first-order chi connectivity index (χ1) is 19.9. The Balaban J connectivity index is 1.33. The average Bonchev–Trinajstić information content (AvgIpc) is 3.57. The largest absolute Gasteiger partial charge is 0.478 e. The molecule has 0 aliphatic heterocycles. The quantitative estimate of drug-likeness (QED) is 0.229. The third-order valence-corrected chi connectivity index (χ3v) is 7.49. The van der Waals surface area contributed by atoms with Gasteiger partial charge in [0.15, 0.2) is 0 Å². The van der Waals surface area contributed by atoms with Crippen LogP contribution in [0.3, 0.4) is 0 Å². The van der Waals surface area contributed by atoms with Crippen LogP contribution in [0.5, 0.6) is 0 Å². The first-order valence-corrected chi connectivity index (χ1v) is 13.7. The Bertz CT molecular complexity index is 1920. The predicted molar refractivity (Wildman–Crippen MR) is 161 cm³/mol. The molecule has 0 aliphatic rings. The normalized spacial score (nSPS) is 11.3. The minimum atomic E-state index is -0.957. The van der Waals surface area contributed by atoms with Gasteiger partial charge in [-0.15, -0.1) is 0 Å². The molecule has 204 valence electrons. The highest BCUT2D eigenvalue weighted by atomic mass is 16.4. The molecule has 1 amide bonds. The molecule has 0 bridgehead atoms. The van der Waals surface area contributed by atoms with Crippen molar-refractivity contribution in [2.75, 3.05) is 0 Å². The maximum absolute atomic E-state index is 13.1. The Kier molecular flexibility index (Phi) is 6.85. The highest BCUT2D eigenvalue weighted by Gasteiger charge is 2.17. The molecule has 0 unspecified atom stereocenters. The van der Waals surface area contributed by atoms with Crippen molar-refractivity contribution in [1.29, 1.82) is 0 Å². The Morgan fingerprint density at radius 2 is 1.66 bits per heavy atom. The lowest BCUT2D eigenvalue weighted by molar-refractivity contribution is 0.0696. The summed E-state index contributed by atoms with van der Waals surface area (Å²) in [7, 11) is 0. The van der Waals surface area contributed by atoms with Crippen LogP contribution in [-0.4, -0.2) is 31.1 Å². The van der Waals surface area contributed by atoms with Crippen molar-refractivity contribution in [2.45, 2.75) is 33.4 Å². The number of hydrogen-bond donors (Lipinski definition) is 2. The van der Waals surface area contributed by atoms with Crippen molar-refractivity contribution in [2.24, 2.45) is 0 Å². The summed E-state index contributed by atoms with van der Waals surface area (Å²) in [5.41, 5.74) is 7.36. The minimum Gasteiger partial charge on any atom is -0.478 e. The molecule has 0 spiro atoms. The Morgan fingerprint density at radius 3 is 2.44 bits per heavy atom. The van der Waals surface area contributed by atoms with E-state index in [2.05, 4.69) is 28.9 Å². The number of benzene rings is 4. The molecule has 41 heavy (non-hydrogen) atoms. The number of aryl methyl sites for hydroxylation is 2. The van der Waals surface area contributed by atoms with Crippen LogP contribution in [0, 0.1) is 6.92 Å². The number of nitrogens with one attached hydrogen (secondary N) is 1. The smallest absolute Gasteiger partial charge is 0.337 e. The first-order valence-electron chi connectivity index (χ1n) is 13.7. The van der Waals surface area contributed by atoms with Crippen LogP contribution in [0.25, 0.3) is 27.6 Å². The number of aromatic nitrogens is 3. The van der Waals surface area contributed by atoms with Gasteiger partial charge in [0.2, 0.25) is 0 Å². The molecule has 7 nitrogen and oxygen atoms in total. The van der Waals surface area contributed by atoms with E-state index in [-0.39, 0.29) is 11.5 Å². The SMILES string of the molecule is CCc1nc2c(C)cc(C(=O)NCc3ccccc3)cc2n1Cc1ccc2c(ccn2-c2ccccc2C(=O)O)c1. The second kappa shape index (κ2) is 10.8. The van der Waals surface area contributed by atoms with Gasteiger partial charge in [0.25, 0.3) is 5.91 Å². The standard InChI is InChI=1S/C34H30N4O3/c1-3-31-36-32-22(2)17-26(33(39)35-20-23-9-5-4-6-10-23)19-30(32)38(31)21-24-13-14-28-25(18-24)15-16-37(28)29-12-8-7-11-27(29)34(40)41/h4-19H,3,20-21H2,1-2H3,(H,35,39)(H,40,41). The lowest BCUT2D eigenvalue weighted by Gasteiger charge is -2.12. The maximum atomic E-state index is 13.1. The summed E-state index contributed by atoms with van der Waals surface area (Å²) in [4.78, 5) is 29.8. The van der Waals surface area contributed by atoms with Gasteiger partial charge in [-0.1, -0.05) is 55.5 Å². The van der Waals surface area contributed by atoms with Crippen LogP contribution >= 0.6 is 0 Å². The second-order valence-corrected chi connectivity index (χ2v) is 10.2. The fraction of sp³-hybridized carbons (Fsp3) is 0.147. The monoisotopic (exact) mass is 542 g/mol. The zero-order valence-electron chi connectivity index (χ0n) is 23.0. The summed E-state index contributed by atoms with van der Waals surface area (Å²) in [6.07, 6.45) is 2.66. The van der Waals surface area contributed by atoms with Crippen molar-refractivity contribution in [3.05, 3.63) is 131 Å². The second-order valence-electron chi connectivity index (χ2n) is 10.2. The molecule has 0 saturated heterocycles. The van der Waals surface area contributed by atoms with E-state index in [9.17, 15) is 14.7 Å². The summed E-state index contributed by atoms with van der Waals surface area (Å²) >= 11 is 0. The molecule has 0 saturated carbocycles. The number of fused-ring (bicyclic) bond motifs is 2. The fourth-order valence-corrected chi connectivity index (χ4v) is 5.45. The van der Waals surface area contributed by atoms with E-state index in [0.717, 1.165) is 50.9 Å². The van der Waals surface area contributed by atoms with E-state index in [0.29, 0.717) is 24.3 Å². The van der Waals surface area contributed by atoms with Crippen molar-refractivity contribution in [1.82, 2.24) is 19.4 Å². The summed E-state index contributed by atoms with van der Waals surface area (Å²) in [6, 6.07) is 29.0. The molecule has 4 aromatic carbocycles. The number of carboxylic acids is 1. The van der Waals surface area contributed by atoms with Crippen LogP contribution in [-0.2, 0) is 19.5 Å². The highest BCUT2D eigenvalue weighted by molar-refractivity contribution is 5.98. The van der Waals surface area contributed by atoms with Gasteiger partial charge in [0, 0.05) is 36.7 Å². The molecule has 7 heteroatoms. The van der Waals surface area contributed by atoms with Crippen LogP contribution in [0.1, 0.15) is 50.2 Å². The molecule has 2 heterocycles. The van der Waals surface area contributed by atoms with E-state index in [1.165, 1.54) is 0 Å². The van der Waals surface area contributed by atoms with Crippen LogP contribution in [0.4, 0.5) is 0 Å². The Morgan fingerprint density at radius 1 is 0.878 bits per heavy atom. The number of aromatic carboxylic acids is 1. The van der Waals surface area contributed by atoms with Gasteiger partial charge < -0.3 is 19.6 Å². The van der Waals surface area contributed by atoms with Gasteiger partial charge in [-0.2, -0.15) is 0 Å². The lowest BCUT2D eigenvalue weighted by Crippen LogP contribution is -2.23. The molecular weight excluding hydrogens is 512 g/mol. The number of rotatable bonds is 8. The van der Waals surface area contributed by atoms with Gasteiger partial charge in [-0.05, 0) is 66.1 Å². The molecule has 0 radical (unpaired) electrons. The molecule has 2 aromatic heterocycles. The topological polar surface area (TPSA) is 89.2 Å². The maximum Gasteiger partial charge on any atom is 0.337 e. The zero-order chi connectivity index (χ0) is 28.5. The van der Waals surface area contributed by atoms with Crippen molar-refractivity contribution in [3.63, 3.8) is 0 Å². The number of carbonyl (C=O) groups is 2. The number of nitrogens with zero attached hydrogens (tertiary/aromatic N) is 3. The van der Waals surface area contributed by atoms with Gasteiger partial charge in [0.05, 0.1) is 27.8 Å². The van der Waals surface area contributed by atoms with E-state index in [1.54, 1.807) is 12.1 Å². The van der Waals surface area contributed by atoms with Crippen molar-refractivity contribution < 1.29 is 14.7 Å². The lowest BCUT2D eigenvalue weighted by atomic mass is 10.1. The van der Waals surface area contributed by atoms with Gasteiger partial charge in [-0.3, -0.25) is 4.79 Å². The summed E-state index contributed by atoms with van der Waals surface area (Å²) in [6.45, 7) is 5.15. The van der Waals surface area contributed by atoms with E-state index in [4.69, 9.17) is 4.98 Å². The third-order valence-electron chi connectivity index (χ3n) is 7.49. The van der Waals surface area contributed by atoms with Gasteiger partial charge in [0.1, 0.15) is 5.82 Å². The molecule has 0 aliphatic carbocycles. The number of imidazole rings is 1. The summed E-state index contributed by atoms with van der Waals surface area (Å²) in [5.74, 6) is -0.117. The number of amides is 1. The molecule has 6 rings (SSSR count). The number of carbonyl (C=O) groups excluding carboxylic acids is 1. The molecule has 0 atom stereocenters. The minimum absolute atomic E-state index is 0.117. The fourth-order valence-electron chi connectivity index (χ4n) is 5.45. The molecule has 0 fully saturated rings. The van der Waals surface area contributed by atoms with Crippen molar-refractivity contribution in [3.8, 4) is 5.69 Å². The average molecular weight is 543 g/mol. The zero-order valence-corrected chi connectivity index (χ0v) is 23.0. The van der Waals surface area contributed by atoms with Crippen LogP contribution in [0.15, 0.2) is 97.2 Å². The summed E-state index contributed by atoms with van der Waals surface area (Å²) in [5, 5.41) is 13.7. The number of hydrogen-bond acceptors (Lipinski definition) is 3. The van der Waals surface area contributed by atoms with Crippen LogP contribution in [0.2, 0.25) is 0 Å². The molecule has 6 aromatic rings. The third kappa shape index (κ3) is 4.98. The Labute approximate surface area is 237 Å².